The van der Waals surface area contributed by atoms with E-state index in [1.807, 2.05) is 24.3 Å². The maximum absolute atomic E-state index is 5.95. The Labute approximate surface area is 131 Å². The van der Waals surface area contributed by atoms with E-state index in [1.165, 1.54) is 0 Å². The fourth-order valence-electron chi connectivity index (χ4n) is 3.09. The SMILES string of the molecule is COc1ccccc1N1CCN([C@@H](CN)c2ccco2)CC1. The highest BCUT2D eigenvalue weighted by atomic mass is 16.5. The minimum Gasteiger partial charge on any atom is -0.495 e. The van der Waals surface area contributed by atoms with Gasteiger partial charge in [-0.3, -0.25) is 4.90 Å². The molecule has 1 aromatic heterocycles. The first-order valence-electron chi connectivity index (χ1n) is 7.69. The van der Waals surface area contributed by atoms with Gasteiger partial charge in [0.25, 0.3) is 0 Å². The molecule has 2 N–H and O–H groups in total. The summed E-state index contributed by atoms with van der Waals surface area (Å²) in [5.74, 6) is 1.88. The lowest BCUT2D eigenvalue weighted by Crippen LogP contribution is -2.49. The first-order chi connectivity index (χ1) is 10.8. The third-order valence-corrected chi connectivity index (χ3v) is 4.28. The number of rotatable bonds is 5. The molecule has 118 valence electrons. The fraction of sp³-hybridized carbons (Fsp3) is 0.412. The highest BCUT2D eigenvalue weighted by Gasteiger charge is 2.26. The van der Waals surface area contributed by atoms with E-state index in [-0.39, 0.29) is 6.04 Å². The first kappa shape index (κ1) is 14.9. The van der Waals surface area contributed by atoms with Gasteiger partial charge < -0.3 is 19.8 Å². The van der Waals surface area contributed by atoms with Gasteiger partial charge in [-0.2, -0.15) is 0 Å². The Morgan fingerprint density at radius 2 is 1.91 bits per heavy atom. The van der Waals surface area contributed by atoms with Crippen molar-refractivity contribution in [2.45, 2.75) is 6.04 Å². The number of furan rings is 1. The molecule has 1 aromatic carbocycles. The molecule has 5 nitrogen and oxygen atoms in total. The van der Waals surface area contributed by atoms with E-state index < -0.39 is 0 Å². The molecule has 1 saturated heterocycles. The van der Waals surface area contributed by atoms with E-state index >= 15 is 0 Å². The van der Waals surface area contributed by atoms with Crippen LogP contribution in [-0.4, -0.2) is 44.7 Å². The van der Waals surface area contributed by atoms with E-state index in [0.29, 0.717) is 6.54 Å². The van der Waals surface area contributed by atoms with Gasteiger partial charge in [-0.1, -0.05) is 12.1 Å². The number of hydrogen-bond donors (Lipinski definition) is 1. The summed E-state index contributed by atoms with van der Waals surface area (Å²) < 4.78 is 11.0. The molecule has 0 radical (unpaired) electrons. The van der Waals surface area contributed by atoms with Gasteiger partial charge in [0, 0.05) is 32.7 Å². The molecule has 3 rings (SSSR count). The van der Waals surface area contributed by atoms with Crippen molar-refractivity contribution in [3.63, 3.8) is 0 Å². The highest BCUT2D eigenvalue weighted by molar-refractivity contribution is 5.58. The molecular weight excluding hydrogens is 278 g/mol. The monoisotopic (exact) mass is 301 g/mol. The van der Waals surface area contributed by atoms with Gasteiger partial charge in [0.15, 0.2) is 0 Å². The third kappa shape index (κ3) is 2.96. The van der Waals surface area contributed by atoms with Crippen molar-refractivity contribution in [3.05, 3.63) is 48.4 Å². The molecule has 1 aliphatic rings. The Morgan fingerprint density at radius 3 is 2.55 bits per heavy atom. The second-order valence-corrected chi connectivity index (χ2v) is 5.46. The molecule has 5 heteroatoms. The predicted octanol–water partition coefficient (Wildman–Crippen LogP) is 2.11. The Balaban J connectivity index is 1.67. The van der Waals surface area contributed by atoms with E-state index in [0.717, 1.165) is 43.4 Å². The largest absolute Gasteiger partial charge is 0.495 e. The zero-order valence-electron chi connectivity index (χ0n) is 12.9. The Morgan fingerprint density at radius 1 is 1.14 bits per heavy atom. The summed E-state index contributed by atoms with van der Waals surface area (Å²) in [5.41, 5.74) is 7.11. The minimum atomic E-state index is 0.162. The lowest BCUT2D eigenvalue weighted by atomic mass is 10.1. The Hall–Kier alpha value is -1.98. The highest BCUT2D eigenvalue weighted by Crippen LogP contribution is 2.30. The fourth-order valence-corrected chi connectivity index (χ4v) is 3.09. The van der Waals surface area contributed by atoms with Crippen LogP contribution in [-0.2, 0) is 0 Å². The molecule has 0 aliphatic carbocycles. The van der Waals surface area contributed by atoms with Crippen LogP contribution in [0, 0.1) is 0 Å². The molecule has 0 spiro atoms. The summed E-state index contributed by atoms with van der Waals surface area (Å²) in [6.45, 7) is 4.40. The number of benzene rings is 1. The maximum atomic E-state index is 5.95. The molecule has 0 unspecified atom stereocenters. The zero-order valence-corrected chi connectivity index (χ0v) is 12.9. The number of anilines is 1. The quantitative estimate of drug-likeness (QED) is 0.916. The van der Waals surface area contributed by atoms with Crippen molar-refractivity contribution in [2.24, 2.45) is 5.73 Å². The molecule has 1 atom stereocenters. The van der Waals surface area contributed by atoms with Crippen molar-refractivity contribution in [2.75, 3.05) is 44.7 Å². The van der Waals surface area contributed by atoms with Crippen molar-refractivity contribution in [3.8, 4) is 5.75 Å². The number of hydrogen-bond acceptors (Lipinski definition) is 5. The van der Waals surface area contributed by atoms with Gasteiger partial charge in [-0.05, 0) is 24.3 Å². The average Bonchev–Trinajstić information content (AvgIpc) is 3.10. The second kappa shape index (κ2) is 6.85. The van der Waals surface area contributed by atoms with Crippen LogP contribution in [0.3, 0.4) is 0 Å². The molecule has 0 bridgehead atoms. The smallest absolute Gasteiger partial charge is 0.142 e. The second-order valence-electron chi connectivity index (χ2n) is 5.46. The van der Waals surface area contributed by atoms with Gasteiger partial charge in [-0.15, -0.1) is 0 Å². The molecule has 0 saturated carbocycles. The van der Waals surface area contributed by atoms with Crippen LogP contribution in [0.2, 0.25) is 0 Å². The Bertz CT molecular complexity index is 577. The standard InChI is InChI=1S/C17H23N3O2/c1-21-16-6-3-2-5-14(16)19-8-10-20(11-9-19)15(13-18)17-7-4-12-22-17/h2-7,12,15H,8-11,13,18H2,1H3/t15-/m0/s1. The van der Waals surface area contributed by atoms with Crippen molar-refractivity contribution < 1.29 is 9.15 Å². The van der Waals surface area contributed by atoms with Crippen LogP contribution in [0.4, 0.5) is 5.69 Å². The molecule has 1 fully saturated rings. The number of ether oxygens (including phenoxy) is 1. The summed E-state index contributed by atoms with van der Waals surface area (Å²) in [5, 5.41) is 0. The van der Waals surface area contributed by atoms with Crippen LogP contribution < -0.4 is 15.4 Å². The summed E-state index contributed by atoms with van der Waals surface area (Å²) in [7, 11) is 1.72. The van der Waals surface area contributed by atoms with Crippen molar-refractivity contribution in [1.29, 1.82) is 0 Å². The summed E-state index contributed by atoms with van der Waals surface area (Å²) in [4.78, 5) is 4.76. The van der Waals surface area contributed by atoms with Crippen LogP contribution in [0.15, 0.2) is 47.1 Å². The van der Waals surface area contributed by atoms with Gasteiger partial charge in [-0.25, -0.2) is 0 Å². The normalized spacial score (nSPS) is 17.5. The van der Waals surface area contributed by atoms with E-state index in [4.69, 9.17) is 14.9 Å². The van der Waals surface area contributed by atoms with Gasteiger partial charge in [0.2, 0.25) is 0 Å². The number of piperazine rings is 1. The number of nitrogens with zero attached hydrogens (tertiary/aromatic N) is 2. The van der Waals surface area contributed by atoms with Crippen LogP contribution in [0.25, 0.3) is 0 Å². The van der Waals surface area contributed by atoms with E-state index in [2.05, 4.69) is 21.9 Å². The average molecular weight is 301 g/mol. The van der Waals surface area contributed by atoms with Gasteiger partial charge >= 0.3 is 0 Å². The third-order valence-electron chi connectivity index (χ3n) is 4.28. The number of methoxy groups -OCH3 is 1. The molecule has 22 heavy (non-hydrogen) atoms. The van der Waals surface area contributed by atoms with Gasteiger partial charge in [0.1, 0.15) is 11.5 Å². The molecule has 2 aromatic rings. The number of nitrogens with two attached hydrogens (primary N) is 1. The van der Waals surface area contributed by atoms with Crippen molar-refractivity contribution in [1.82, 2.24) is 4.90 Å². The molecular formula is C17H23N3O2. The molecule has 2 heterocycles. The maximum Gasteiger partial charge on any atom is 0.142 e. The van der Waals surface area contributed by atoms with E-state index in [9.17, 15) is 0 Å². The first-order valence-corrected chi connectivity index (χ1v) is 7.69. The summed E-state index contributed by atoms with van der Waals surface area (Å²) in [6.07, 6.45) is 1.71. The topological polar surface area (TPSA) is 54.9 Å². The van der Waals surface area contributed by atoms with E-state index in [1.54, 1.807) is 13.4 Å². The molecule has 1 aliphatic heterocycles. The molecule has 0 amide bonds. The summed E-state index contributed by atoms with van der Waals surface area (Å²) in [6, 6.07) is 12.3. The summed E-state index contributed by atoms with van der Waals surface area (Å²) >= 11 is 0. The Kier molecular flexibility index (Phi) is 4.65. The predicted molar refractivity (Wildman–Crippen MR) is 87.3 cm³/mol. The minimum absolute atomic E-state index is 0.162. The van der Waals surface area contributed by atoms with Crippen LogP contribution >= 0.6 is 0 Å². The lowest BCUT2D eigenvalue weighted by Gasteiger charge is -2.39. The van der Waals surface area contributed by atoms with Crippen molar-refractivity contribution >= 4 is 5.69 Å². The van der Waals surface area contributed by atoms with Crippen LogP contribution in [0.1, 0.15) is 11.8 Å². The lowest BCUT2D eigenvalue weighted by molar-refractivity contribution is 0.169. The van der Waals surface area contributed by atoms with Gasteiger partial charge in [0.05, 0.1) is 25.1 Å². The number of para-hydroxylation sites is 2. The van der Waals surface area contributed by atoms with Crippen LogP contribution in [0.5, 0.6) is 5.75 Å². The zero-order chi connectivity index (χ0) is 15.4.